The quantitative estimate of drug-likeness (QED) is 0.604. The highest BCUT2D eigenvalue weighted by Gasteiger charge is 2.25. The molecule has 0 saturated carbocycles. The maximum absolute atomic E-state index is 11.0. The van der Waals surface area contributed by atoms with Crippen molar-refractivity contribution in [2.45, 2.75) is 0 Å². The van der Waals surface area contributed by atoms with Crippen molar-refractivity contribution in [2.24, 2.45) is 0 Å². The molecule has 1 saturated heterocycles. The summed E-state index contributed by atoms with van der Waals surface area (Å²) in [5.41, 5.74) is -0.0213. The smallest absolute Gasteiger partial charge is 0.299 e. The monoisotopic (exact) mass is 266 g/mol. The number of piperazine rings is 1. The molecule has 0 amide bonds. The fourth-order valence-electron chi connectivity index (χ4n) is 2.09. The molecular formula is C11H14N4O4. The highest BCUT2D eigenvalue weighted by Crippen LogP contribution is 2.32. The lowest BCUT2D eigenvalue weighted by atomic mass is 10.2. The van der Waals surface area contributed by atoms with Crippen molar-refractivity contribution in [2.75, 3.05) is 38.1 Å². The van der Waals surface area contributed by atoms with Gasteiger partial charge < -0.3 is 9.80 Å². The second-order valence-corrected chi connectivity index (χ2v) is 4.48. The molecule has 1 aliphatic heterocycles. The number of rotatable bonds is 3. The normalized spacial score (nSPS) is 16.4. The Labute approximate surface area is 109 Å². The van der Waals surface area contributed by atoms with Gasteiger partial charge in [-0.2, -0.15) is 0 Å². The van der Waals surface area contributed by atoms with E-state index in [0.717, 1.165) is 19.2 Å². The molecule has 1 aromatic carbocycles. The Hall–Kier alpha value is -2.22. The number of likely N-dealkylation sites (N-methyl/N-ethyl adjacent to an activating group) is 1. The molecular weight excluding hydrogens is 252 g/mol. The molecule has 0 spiro atoms. The summed E-state index contributed by atoms with van der Waals surface area (Å²) in [6.07, 6.45) is 0. The number of nitro benzene ring substituents is 2. The van der Waals surface area contributed by atoms with E-state index in [1.807, 2.05) is 11.9 Å². The van der Waals surface area contributed by atoms with Gasteiger partial charge in [-0.3, -0.25) is 20.2 Å². The topological polar surface area (TPSA) is 92.8 Å². The van der Waals surface area contributed by atoms with Crippen LogP contribution in [0.2, 0.25) is 0 Å². The van der Waals surface area contributed by atoms with Crippen molar-refractivity contribution < 1.29 is 9.85 Å². The number of non-ortho nitro benzene ring substituents is 1. The maximum Gasteiger partial charge on any atom is 0.299 e. The van der Waals surface area contributed by atoms with Crippen LogP contribution in [0, 0.1) is 20.2 Å². The van der Waals surface area contributed by atoms with Gasteiger partial charge >= 0.3 is 0 Å². The van der Waals surface area contributed by atoms with Crippen molar-refractivity contribution >= 4 is 17.1 Å². The Kier molecular flexibility index (Phi) is 3.61. The number of anilines is 1. The molecule has 0 atom stereocenters. The first-order valence-corrected chi connectivity index (χ1v) is 5.85. The van der Waals surface area contributed by atoms with E-state index in [-0.39, 0.29) is 11.4 Å². The van der Waals surface area contributed by atoms with E-state index >= 15 is 0 Å². The van der Waals surface area contributed by atoms with Gasteiger partial charge in [0.25, 0.3) is 11.4 Å². The van der Waals surface area contributed by atoms with Gasteiger partial charge in [0.2, 0.25) is 0 Å². The van der Waals surface area contributed by atoms with Crippen molar-refractivity contribution in [3.8, 4) is 0 Å². The molecule has 0 aliphatic carbocycles. The predicted molar refractivity (Wildman–Crippen MR) is 69.5 cm³/mol. The third-order valence-electron chi connectivity index (χ3n) is 3.21. The Balaban J connectivity index is 2.34. The molecule has 0 bridgehead atoms. The summed E-state index contributed by atoms with van der Waals surface area (Å²) >= 11 is 0. The number of nitrogens with zero attached hydrogens (tertiary/aromatic N) is 4. The van der Waals surface area contributed by atoms with Gasteiger partial charge in [-0.15, -0.1) is 0 Å². The van der Waals surface area contributed by atoms with E-state index in [2.05, 4.69) is 4.90 Å². The van der Waals surface area contributed by atoms with Crippen LogP contribution < -0.4 is 4.90 Å². The summed E-state index contributed by atoms with van der Waals surface area (Å²) in [6, 6.07) is 3.79. The zero-order valence-electron chi connectivity index (χ0n) is 10.5. The molecule has 0 radical (unpaired) electrons. The van der Waals surface area contributed by atoms with Crippen molar-refractivity contribution in [3.63, 3.8) is 0 Å². The molecule has 1 aromatic rings. The van der Waals surface area contributed by atoms with Gasteiger partial charge in [0, 0.05) is 32.2 Å². The molecule has 1 aliphatic rings. The third kappa shape index (κ3) is 2.79. The molecule has 0 N–H and O–H groups in total. The number of nitro groups is 2. The van der Waals surface area contributed by atoms with Gasteiger partial charge in [0.1, 0.15) is 5.69 Å². The van der Waals surface area contributed by atoms with Gasteiger partial charge in [0.15, 0.2) is 0 Å². The van der Waals surface area contributed by atoms with Crippen molar-refractivity contribution in [1.82, 2.24) is 4.90 Å². The maximum atomic E-state index is 11.0. The van der Waals surface area contributed by atoms with Gasteiger partial charge in [-0.25, -0.2) is 0 Å². The van der Waals surface area contributed by atoms with Crippen molar-refractivity contribution in [3.05, 3.63) is 38.4 Å². The lowest BCUT2D eigenvalue weighted by molar-refractivity contribution is -0.393. The van der Waals surface area contributed by atoms with Crippen LogP contribution >= 0.6 is 0 Å². The van der Waals surface area contributed by atoms with Crippen LogP contribution in [0.15, 0.2) is 18.2 Å². The van der Waals surface area contributed by atoms with E-state index in [4.69, 9.17) is 0 Å². The lowest BCUT2D eigenvalue weighted by Gasteiger charge is -2.33. The molecule has 2 rings (SSSR count). The Morgan fingerprint density at radius 1 is 1.05 bits per heavy atom. The van der Waals surface area contributed by atoms with Crippen LogP contribution in [0.5, 0.6) is 0 Å². The first-order chi connectivity index (χ1) is 8.99. The average molecular weight is 266 g/mol. The fraction of sp³-hybridized carbons (Fsp3) is 0.455. The fourth-order valence-corrected chi connectivity index (χ4v) is 2.09. The van der Waals surface area contributed by atoms with Crippen LogP contribution in [0.25, 0.3) is 0 Å². The lowest BCUT2D eigenvalue weighted by Crippen LogP contribution is -2.44. The standard InChI is InChI=1S/C11H14N4O4/c1-12-4-6-13(7-5-12)10-3-2-9(14(16)17)8-11(10)15(18)19/h2-3,8H,4-7H2,1H3. The minimum atomic E-state index is -0.624. The number of benzene rings is 1. The third-order valence-corrected chi connectivity index (χ3v) is 3.21. The summed E-state index contributed by atoms with van der Waals surface area (Å²) in [6.45, 7) is 2.98. The number of hydrogen-bond donors (Lipinski definition) is 0. The molecule has 19 heavy (non-hydrogen) atoms. The average Bonchev–Trinajstić information content (AvgIpc) is 2.38. The number of hydrogen-bond acceptors (Lipinski definition) is 6. The van der Waals surface area contributed by atoms with E-state index in [1.165, 1.54) is 12.1 Å². The van der Waals surface area contributed by atoms with Gasteiger partial charge in [-0.05, 0) is 13.1 Å². The summed E-state index contributed by atoms with van der Waals surface area (Å²) in [5, 5.41) is 21.7. The highest BCUT2D eigenvalue weighted by atomic mass is 16.6. The molecule has 102 valence electrons. The second-order valence-electron chi connectivity index (χ2n) is 4.48. The van der Waals surface area contributed by atoms with Gasteiger partial charge in [-0.1, -0.05) is 0 Å². The van der Waals surface area contributed by atoms with E-state index in [1.54, 1.807) is 0 Å². The van der Waals surface area contributed by atoms with E-state index < -0.39 is 9.85 Å². The van der Waals surface area contributed by atoms with Crippen LogP contribution in [-0.2, 0) is 0 Å². The zero-order chi connectivity index (χ0) is 14.0. The molecule has 0 aromatic heterocycles. The largest absolute Gasteiger partial charge is 0.363 e. The van der Waals surface area contributed by atoms with E-state index in [9.17, 15) is 20.2 Å². The Bertz CT molecular complexity index is 511. The summed E-state index contributed by atoms with van der Waals surface area (Å²) < 4.78 is 0. The summed E-state index contributed by atoms with van der Waals surface area (Å²) in [4.78, 5) is 24.5. The summed E-state index contributed by atoms with van der Waals surface area (Å²) in [5.74, 6) is 0. The minimum Gasteiger partial charge on any atom is -0.363 e. The summed E-state index contributed by atoms with van der Waals surface area (Å²) in [7, 11) is 1.99. The van der Waals surface area contributed by atoms with Crippen molar-refractivity contribution in [1.29, 1.82) is 0 Å². The zero-order valence-corrected chi connectivity index (χ0v) is 10.5. The molecule has 0 unspecified atom stereocenters. The van der Waals surface area contributed by atoms with Crippen LogP contribution in [-0.4, -0.2) is 48.0 Å². The molecule has 1 fully saturated rings. The highest BCUT2D eigenvalue weighted by molar-refractivity contribution is 5.67. The molecule has 1 heterocycles. The SMILES string of the molecule is CN1CCN(c2ccc([N+](=O)[O-])cc2[N+](=O)[O-])CC1. The first kappa shape index (κ1) is 13.2. The molecule has 8 nitrogen and oxygen atoms in total. The first-order valence-electron chi connectivity index (χ1n) is 5.85. The van der Waals surface area contributed by atoms with Crippen LogP contribution in [0.4, 0.5) is 17.1 Å². The Morgan fingerprint density at radius 3 is 2.21 bits per heavy atom. The van der Waals surface area contributed by atoms with Gasteiger partial charge in [0.05, 0.1) is 15.9 Å². The van der Waals surface area contributed by atoms with Crippen LogP contribution in [0.1, 0.15) is 0 Å². The minimum absolute atomic E-state index is 0.209. The van der Waals surface area contributed by atoms with E-state index in [0.29, 0.717) is 18.8 Å². The predicted octanol–water partition coefficient (Wildman–Crippen LogP) is 1.25. The second kappa shape index (κ2) is 5.19. The van der Waals surface area contributed by atoms with Crippen LogP contribution in [0.3, 0.4) is 0 Å². The molecule has 8 heteroatoms. The Morgan fingerprint density at radius 2 is 1.68 bits per heavy atom.